The third kappa shape index (κ3) is 7.03. The van der Waals surface area contributed by atoms with Crippen molar-refractivity contribution in [2.75, 3.05) is 5.88 Å². The van der Waals surface area contributed by atoms with Crippen LogP contribution in [-0.2, 0) is 22.6 Å². The fourth-order valence-electron chi connectivity index (χ4n) is 4.63. The zero-order chi connectivity index (χ0) is 28.2. The second-order valence-electron chi connectivity index (χ2n) is 10.1. The molecule has 0 saturated carbocycles. The molecule has 3 amide bonds. The van der Waals surface area contributed by atoms with Gasteiger partial charge in [0.2, 0.25) is 5.91 Å². The number of amides is 3. The number of nitrogens with one attached hydrogen (secondary N) is 2. The van der Waals surface area contributed by atoms with Crippen molar-refractivity contribution in [3.8, 4) is 0 Å². The number of carbonyl (C=O) groups excluding carboxylic acids is 3. The van der Waals surface area contributed by atoms with Crippen molar-refractivity contribution in [2.24, 2.45) is 0 Å². The first kappa shape index (κ1) is 29.1. The van der Waals surface area contributed by atoms with Crippen LogP contribution in [0.5, 0.6) is 0 Å². The number of thiophene rings is 1. The number of thioether (sulfide) groups is 1. The van der Waals surface area contributed by atoms with Crippen LogP contribution >= 0.6 is 34.7 Å². The van der Waals surface area contributed by atoms with Gasteiger partial charge in [-0.15, -0.1) is 23.1 Å². The maximum Gasteiger partial charge on any atom is 0.261 e. The first-order valence-corrected chi connectivity index (χ1v) is 14.8. The summed E-state index contributed by atoms with van der Waals surface area (Å²) in [7, 11) is 0. The normalized spacial score (nSPS) is 17.9. The molecule has 3 aromatic rings. The molecule has 4 rings (SSSR count). The summed E-state index contributed by atoms with van der Waals surface area (Å²) < 4.78 is -0.107. The molecule has 1 aliphatic heterocycles. The third-order valence-electron chi connectivity index (χ3n) is 6.84. The average Bonchev–Trinajstić information content (AvgIpc) is 3.49. The molecular weight excluding hydrogens is 554 g/mol. The first-order chi connectivity index (χ1) is 18.6. The predicted octanol–water partition coefficient (Wildman–Crippen LogP) is 4.41. The lowest BCUT2D eigenvalue weighted by Crippen LogP contribution is -2.58. The van der Waals surface area contributed by atoms with Gasteiger partial charge in [-0.3, -0.25) is 14.4 Å². The van der Waals surface area contributed by atoms with Crippen molar-refractivity contribution < 1.29 is 19.5 Å². The maximum absolute atomic E-state index is 13.7. The third-order valence-corrected chi connectivity index (χ3v) is 9.44. The van der Waals surface area contributed by atoms with Crippen molar-refractivity contribution in [1.82, 2.24) is 15.5 Å². The minimum absolute atomic E-state index is 0.229. The van der Waals surface area contributed by atoms with E-state index in [4.69, 9.17) is 11.6 Å². The molecule has 1 aromatic heterocycles. The Bertz CT molecular complexity index is 1330. The topological polar surface area (TPSA) is 98.7 Å². The highest BCUT2D eigenvalue weighted by molar-refractivity contribution is 8.00. The van der Waals surface area contributed by atoms with E-state index in [2.05, 4.69) is 10.6 Å². The minimum atomic E-state index is -1.56. The van der Waals surface area contributed by atoms with Gasteiger partial charge in [-0.2, -0.15) is 0 Å². The van der Waals surface area contributed by atoms with E-state index < -0.39 is 34.7 Å². The number of halogens is 1. The highest BCUT2D eigenvalue weighted by Crippen LogP contribution is 2.40. The summed E-state index contributed by atoms with van der Waals surface area (Å²) in [6, 6.07) is 18.6. The van der Waals surface area contributed by atoms with Gasteiger partial charge in [0.15, 0.2) is 6.10 Å². The second kappa shape index (κ2) is 12.6. The van der Waals surface area contributed by atoms with Gasteiger partial charge in [0.25, 0.3) is 11.8 Å². The number of rotatable bonds is 9. The molecule has 3 atom stereocenters. The van der Waals surface area contributed by atoms with Crippen LogP contribution in [0.2, 0.25) is 4.34 Å². The Morgan fingerprint density at radius 3 is 2.44 bits per heavy atom. The van der Waals surface area contributed by atoms with E-state index in [-0.39, 0.29) is 18.2 Å². The predicted molar refractivity (Wildman–Crippen MR) is 157 cm³/mol. The molecule has 3 N–H and O–H groups in total. The Hall–Kier alpha value is -2.85. The minimum Gasteiger partial charge on any atom is -0.381 e. The SMILES string of the molecule is Cc1ccccc1CNC(=O)C1N(C(=O)C(O)C(Cc2ccccc2)NC(=O)c2ccc(Cl)s2)CSC1(C)C. The summed E-state index contributed by atoms with van der Waals surface area (Å²) in [4.78, 5) is 41.9. The van der Waals surface area contributed by atoms with Crippen LogP contribution in [0.3, 0.4) is 0 Å². The Morgan fingerprint density at radius 2 is 1.77 bits per heavy atom. The number of nitrogens with zero attached hydrogens (tertiary/aromatic N) is 1. The molecule has 0 spiro atoms. The van der Waals surface area contributed by atoms with E-state index in [9.17, 15) is 19.5 Å². The van der Waals surface area contributed by atoms with Gasteiger partial charge in [0.1, 0.15) is 6.04 Å². The van der Waals surface area contributed by atoms with Crippen LogP contribution in [0.4, 0.5) is 0 Å². The van der Waals surface area contributed by atoms with Crippen LogP contribution in [0.1, 0.15) is 40.2 Å². The molecule has 1 aliphatic rings. The van der Waals surface area contributed by atoms with Crippen LogP contribution in [0, 0.1) is 6.92 Å². The molecule has 7 nitrogen and oxygen atoms in total. The smallest absolute Gasteiger partial charge is 0.261 e. The molecule has 1 saturated heterocycles. The van der Waals surface area contributed by atoms with Crippen molar-refractivity contribution in [1.29, 1.82) is 0 Å². The molecule has 0 bridgehead atoms. The molecule has 10 heteroatoms. The standard InChI is InChI=1S/C29H32ClN3O4S2/c1-18-9-7-8-12-20(18)16-31-27(36)25-29(2,3)38-17-33(25)28(37)24(34)21(15-19-10-5-4-6-11-19)32-26(35)22-13-14-23(30)39-22/h4-14,21,24-25,34H,15-17H2,1-3H3,(H,31,36)(H,32,35). The zero-order valence-electron chi connectivity index (χ0n) is 22.0. The van der Waals surface area contributed by atoms with Gasteiger partial charge in [0, 0.05) is 11.3 Å². The molecule has 1 fully saturated rings. The largest absolute Gasteiger partial charge is 0.381 e. The Balaban J connectivity index is 1.53. The van der Waals surface area contributed by atoms with Crippen molar-refractivity contribution >= 4 is 52.4 Å². The molecule has 0 radical (unpaired) electrons. The van der Waals surface area contributed by atoms with E-state index in [0.717, 1.165) is 28.0 Å². The Kier molecular flexibility index (Phi) is 9.38. The van der Waals surface area contributed by atoms with E-state index in [0.29, 0.717) is 15.8 Å². The van der Waals surface area contributed by atoms with Gasteiger partial charge in [-0.05, 0) is 56.0 Å². The number of hydrogen-bond donors (Lipinski definition) is 3. The quantitative estimate of drug-likeness (QED) is 0.346. The fraction of sp³-hybridized carbons (Fsp3) is 0.345. The first-order valence-electron chi connectivity index (χ1n) is 12.6. The average molecular weight is 586 g/mol. The number of aliphatic hydroxyl groups excluding tert-OH is 1. The second-order valence-corrected chi connectivity index (χ2v) is 13.4. The molecule has 206 valence electrons. The summed E-state index contributed by atoms with van der Waals surface area (Å²) in [5, 5.41) is 17.1. The highest BCUT2D eigenvalue weighted by Gasteiger charge is 2.49. The number of aryl methyl sites for hydroxylation is 1. The van der Waals surface area contributed by atoms with Crippen molar-refractivity contribution in [3.05, 3.63) is 92.6 Å². The van der Waals surface area contributed by atoms with Crippen LogP contribution in [-0.4, -0.2) is 56.5 Å². The summed E-state index contributed by atoms with van der Waals surface area (Å²) >= 11 is 8.60. The number of hydrogen-bond acceptors (Lipinski definition) is 6. The van der Waals surface area contributed by atoms with E-state index in [1.807, 2.05) is 75.4 Å². The molecule has 39 heavy (non-hydrogen) atoms. The molecule has 0 aliphatic carbocycles. The Labute approximate surface area is 241 Å². The molecular formula is C29H32ClN3O4S2. The van der Waals surface area contributed by atoms with Gasteiger partial charge in [-0.1, -0.05) is 66.2 Å². The van der Waals surface area contributed by atoms with E-state index in [1.165, 1.54) is 16.7 Å². The summed E-state index contributed by atoms with van der Waals surface area (Å²) in [5.41, 5.74) is 2.90. The Morgan fingerprint density at radius 1 is 1.08 bits per heavy atom. The van der Waals surface area contributed by atoms with Gasteiger partial charge in [0.05, 0.1) is 21.1 Å². The number of carbonyl (C=O) groups is 3. The monoisotopic (exact) mass is 585 g/mol. The van der Waals surface area contributed by atoms with E-state index in [1.54, 1.807) is 12.1 Å². The van der Waals surface area contributed by atoms with Crippen LogP contribution in [0.25, 0.3) is 0 Å². The van der Waals surface area contributed by atoms with Gasteiger partial charge in [-0.25, -0.2) is 0 Å². The number of aliphatic hydroxyl groups is 1. The molecule has 2 aromatic carbocycles. The lowest BCUT2D eigenvalue weighted by Gasteiger charge is -2.33. The lowest BCUT2D eigenvalue weighted by molar-refractivity contribution is -0.147. The van der Waals surface area contributed by atoms with Crippen LogP contribution < -0.4 is 10.6 Å². The maximum atomic E-state index is 13.7. The molecule has 2 heterocycles. The number of benzene rings is 2. The van der Waals surface area contributed by atoms with Crippen molar-refractivity contribution in [3.63, 3.8) is 0 Å². The van der Waals surface area contributed by atoms with Crippen LogP contribution in [0.15, 0.2) is 66.7 Å². The highest BCUT2D eigenvalue weighted by atomic mass is 35.5. The van der Waals surface area contributed by atoms with Crippen molar-refractivity contribution in [2.45, 2.75) is 56.7 Å². The van der Waals surface area contributed by atoms with E-state index >= 15 is 0 Å². The summed E-state index contributed by atoms with van der Waals surface area (Å²) in [6.07, 6.45) is -1.33. The lowest BCUT2D eigenvalue weighted by atomic mass is 9.97. The summed E-state index contributed by atoms with van der Waals surface area (Å²) in [6.45, 7) is 6.15. The fourth-order valence-corrected chi connectivity index (χ4v) is 6.71. The summed E-state index contributed by atoms with van der Waals surface area (Å²) in [5.74, 6) is -1.07. The van der Waals surface area contributed by atoms with Gasteiger partial charge < -0.3 is 20.6 Å². The van der Waals surface area contributed by atoms with Gasteiger partial charge >= 0.3 is 0 Å². The zero-order valence-corrected chi connectivity index (χ0v) is 24.4. The molecule has 3 unspecified atom stereocenters.